The maximum absolute atomic E-state index is 10.9. The fraction of sp³-hybridized carbons (Fsp3) is 0.467. The summed E-state index contributed by atoms with van der Waals surface area (Å²) >= 11 is 0. The van der Waals surface area contributed by atoms with Gasteiger partial charge in [-0.1, -0.05) is 42.4 Å². The number of aliphatic imine (C=N–C) groups is 1. The van der Waals surface area contributed by atoms with Gasteiger partial charge in [0.25, 0.3) is 5.79 Å². The normalized spacial score (nSPS) is 31.4. The Morgan fingerprint density at radius 1 is 1.30 bits per heavy atom. The number of hydrogen-bond acceptors (Lipinski definition) is 5. The third kappa shape index (κ3) is 1.59. The molecular weight excluding hydrogens is 254 g/mol. The van der Waals surface area contributed by atoms with Crippen molar-refractivity contribution >= 4 is 11.5 Å². The summed E-state index contributed by atoms with van der Waals surface area (Å²) in [6.07, 6.45) is 0.988. The lowest BCUT2D eigenvalue weighted by molar-refractivity contribution is -0.203. The fourth-order valence-electron chi connectivity index (χ4n) is 2.92. The van der Waals surface area contributed by atoms with E-state index in [2.05, 4.69) is 5.16 Å². The molecule has 0 saturated carbocycles. The standard InChI is InChI=1S/C15H19N3O2/c1-4-14-13(11-8-6-5-7-9-11)17-20-15(14,19)10-12(16-14)18(2)3/h5-9,19H,4,10H2,1-3H3/t14-,15+/m1/s1. The minimum absolute atomic E-state index is 0.355. The van der Waals surface area contributed by atoms with Crippen molar-refractivity contribution in [3.8, 4) is 0 Å². The van der Waals surface area contributed by atoms with Crippen LogP contribution in [0.3, 0.4) is 0 Å². The van der Waals surface area contributed by atoms with Crippen LogP contribution in [-0.2, 0) is 4.84 Å². The zero-order valence-electron chi connectivity index (χ0n) is 12.0. The van der Waals surface area contributed by atoms with E-state index in [9.17, 15) is 5.11 Å². The Morgan fingerprint density at radius 3 is 2.60 bits per heavy atom. The van der Waals surface area contributed by atoms with Crippen LogP contribution in [0, 0.1) is 0 Å². The van der Waals surface area contributed by atoms with Gasteiger partial charge in [0.1, 0.15) is 11.5 Å². The average molecular weight is 273 g/mol. The molecule has 1 aromatic carbocycles. The minimum Gasteiger partial charge on any atom is -0.366 e. The van der Waals surface area contributed by atoms with Gasteiger partial charge in [-0.3, -0.25) is 4.99 Å². The van der Waals surface area contributed by atoms with Crippen molar-refractivity contribution in [3.05, 3.63) is 35.9 Å². The molecule has 3 rings (SSSR count). The van der Waals surface area contributed by atoms with E-state index >= 15 is 0 Å². The highest BCUT2D eigenvalue weighted by Crippen LogP contribution is 2.46. The molecule has 0 fully saturated rings. The number of nitrogens with zero attached hydrogens (tertiary/aromatic N) is 3. The monoisotopic (exact) mass is 273 g/mol. The summed E-state index contributed by atoms with van der Waals surface area (Å²) in [7, 11) is 3.85. The summed E-state index contributed by atoms with van der Waals surface area (Å²) in [6, 6.07) is 9.78. The molecule has 5 heteroatoms. The van der Waals surface area contributed by atoms with Crippen LogP contribution in [0.1, 0.15) is 25.3 Å². The summed E-state index contributed by atoms with van der Waals surface area (Å²) in [5.41, 5.74) is 0.836. The molecule has 0 unspecified atom stereocenters. The lowest BCUT2D eigenvalue weighted by atomic mass is 9.80. The second-order valence-electron chi connectivity index (χ2n) is 5.49. The van der Waals surface area contributed by atoms with E-state index in [0.717, 1.165) is 11.4 Å². The molecule has 1 aromatic rings. The van der Waals surface area contributed by atoms with Crippen LogP contribution in [0.4, 0.5) is 0 Å². The Labute approximate surface area is 118 Å². The number of fused-ring (bicyclic) bond motifs is 1. The van der Waals surface area contributed by atoms with Crippen molar-refractivity contribution in [2.75, 3.05) is 14.1 Å². The predicted molar refractivity (Wildman–Crippen MR) is 77.8 cm³/mol. The summed E-state index contributed by atoms with van der Waals surface area (Å²) in [4.78, 5) is 12.1. The van der Waals surface area contributed by atoms with E-state index in [4.69, 9.17) is 9.83 Å². The molecule has 0 bridgehead atoms. The molecule has 20 heavy (non-hydrogen) atoms. The van der Waals surface area contributed by atoms with Crippen LogP contribution in [0.15, 0.2) is 40.5 Å². The van der Waals surface area contributed by atoms with Crippen molar-refractivity contribution in [1.29, 1.82) is 0 Å². The zero-order valence-corrected chi connectivity index (χ0v) is 12.0. The van der Waals surface area contributed by atoms with Crippen molar-refractivity contribution in [2.45, 2.75) is 31.1 Å². The van der Waals surface area contributed by atoms with Gasteiger partial charge in [-0.2, -0.15) is 0 Å². The molecule has 2 heterocycles. The molecule has 2 aliphatic heterocycles. The van der Waals surface area contributed by atoms with Crippen LogP contribution in [0.5, 0.6) is 0 Å². The molecule has 1 N–H and O–H groups in total. The maximum Gasteiger partial charge on any atom is 0.272 e. The Kier molecular flexibility index (Phi) is 2.83. The van der Waals surface area contributed by atoms with E-state index in [-0.39, 0.29) is 0 Å². The Morgan fingerprint density at radius 2 is 2.00 bits per heavy atom. The first-order valence-electron chi connectivity index (χ1n) is 6.83. The van der Waals surface area contributed by atoms with Gasteiger partial charge in [0, 0.05) is 19.7 Å². The van der Waals surface area contributed by atoms with Gasteiger partial charge in [0.15, 0.2) is 5.54 Å². The molecule has 0 aromatic heterocycles. The van der Waals surface area contributed by atoms with E-state index < -0.39 is 11.3 Å². The maximum atomic E-state index is 10.9. The van der Waals surface area contributed by atoms with Gasteiger partial charge in [-0.25, -0.2) is 0 Å². The second-order valence-corrected chi connectivity index (χ2v) is 5.49. The fourth-order valence-corrected chi connectivity index (χ4v) is 2.92. The Bertz CT molecular complexity index is 582. The van der Waals surface area contributed by atoms with Gasteiger partial charge in [0.05, 0.1) is 6.42 Å². The number of hydrogen-bond donors (Lipinski definition) is 1. The number of amidine groups is 1. The van der Waals surface area contributed by atoms with Crippen LogP contribution in [-0.4, -0.2) is 47.0 Å². The van der Waals surface area contributed by atoms with Crippen LogP contribution < -0.4 is 0 Å². The molecule has 0 amide bonds. The third-order valence-corrected chi connectivity index (χ3v) is 4.12. The summed E-state index contributed by atoms with van der Waals surface area (Å²) in [5.74, 6) is -0.537. The number of aliphatic hydroxyl groups is 1. The van der Waals surface area contributed by atoms with E-state index in [1.54, 1.807) is 0 Å². The van der Waals surface area contributed by atoms with Gasteiger partial charge in [-0.15, -0.1) is 0 Å². The van der Waals surface area contributed by atoms with Gasteiger partial charge in [0.2, 0.25) is 0 Å². The van der Waals surface area contributed by atoms with Gasteiger partial charge in [-0.05, 0) is 6.42 Å². The van der Waals surface area contributed by atoms with Gasteiger partial charge >= 0.3 is 0 Å². The molecular formula is C15H19N3O2. The highest BCUT2D eigenvalue weighted by atomic mass is 16.7. The molecule has 106 valence electrons. The van der Waals surface area contributed by atoms with E-state index in [1.807, 2.05) is 56.3 Å². The second kappa shape index (κ2) is 4.31. The van der Waals surface area contributed by atoms with Crippen molar-refractivity contribution in [3.63, 3.8) is 0 Å². The first kappa shape index (κ1) is 13.1. The number of rotatable bonds is 2. The quantitative estimate of drug-likeness (QED) is 0.891. The SMILES string of the molecule is CC[C@]12N=C(N(C)C)C[C@]1(O)ON=C2c1ccccc1. The average Bonchev–Trinajstić information content (AvgIpc) is 2.88. The molecule has 0 aliphatic carbocycles. The molecule has 2 aliphatic rings. The highest BCUT2D eigenvalue weighted by molar-refractivity contribution is 6.11. The predicted octanol–water partition coefficient (Wildman–Crippen LogP) is 1.62. The third-order valence-electron chi connectivity index (χ3n) is 4.12. The summed E-state index contributed by atoms with van der Waals surface area (Å²) in [5, 5.41) is 15.0. The largest absolute Gasteiger partial charge is 0.366 e. The Balaban J connectivity index is 2.10. The van der Waals surface area contributed by atoms with Crippen LogP contribution in [0.25, 0.3) is 0 Å². The van der Waals surface area contributed by atoms with Crippen molar-refractivity contribution in [2.24, 2.45) is 10.1 Å². The first-order valence-corrected chi connectivity index (χ1v) is 6.83. The van der Waals surface area contributed by atoms with Crippen LogP contribution in [0.2, 0.25) is 0 Å². The topological polar surface area (TPSA) is 57.4 Å². The van der Waals surface area contributed by atoms with Crippen molar-refractivity contribution < 1.29 is 9.94 Å². The number of benzene rings is 1. The van der Waals surface area contributed by atoms with Crippen molar-refractivity contribution in [1.82, 2.24) is 4.90 Å². The van der Waals surface area contributed by atoms with Crippen LogP contribution >= 0.6 is 0 Å². The molecule has 0 saturated heterocycles. The molecule has 5 nitrogen and oxygen atoms in total. The minimum atomic E-state index is -1.37. The number of oxime groups is 1. The highest BCUT2D eigenvalue weighted by Gasteiger charge is 2.64. The van der Waals surface area contributed by atoms with E-state index in [0.29, 0.717) is 18.6 Å². The summed E-state index contributed by atoms with van der Waals surface area (Å²) < 4.78 is 0. The molecule has 0 spiro atoms. The Hall–Kier alpha value is -1.88. The first-order chi connectivity index (χ1) is 9.52. The lowest BCUT2D eigenvalue weighted by Gasteiger charge is -2.30. The smallest absolute Gasteiger partial charge is 0.272 e. The van der Waals surface area contributed by atoms with Gasteiger partial charge < -0.3 is 14.8 Å². The molecule has 0 radical (unpaired) electrons. The molecule has 2 atom stereocenters. The summed E-state index contributed by atoms with van der Waals surface area (Å²) in [6.45, 7) is 2.00. The zero-order chi connectivity index (χ0) is 14.4. The lowest BCUT2D eigenvalue weighted by Crippen LogP contribution is -2.52. The van der Waals surface area contributed by atoms with E-state index in [1.165, 1.54) is 0 Å².